The van der Waals surface area contributed by atoms with Crippen LogP contribution < -0.4 is 10.1 Å². The van der Waals surface area contributed by atoms with Crippen molar-refractivity contribution in [2.45, 2.75) is 25.7 Å². The SMILES string of the molecule is CNCCCCCc1ccc2cc(OC)ccc2c1. The van der Waals surface area contributed by atoms with Crippen molar-refractivity contribution in [1.29, 1.82) is 0 Å². The molecule has 2 nitrogen and oxygen atoms in total. The van der Waals surface area contributed by atoms with Crippen LogP contribution in [0.25, 0.3) is 10.8 Å². The van der Waals surface area contributed by atoms with E-state index in [9.17, 15) is 0 Å². The first-order valence-corrected chi connectivity index (χ1v) is 7.05. The van der Waals surface area contributed by atoms with E-state index in [0.717, 1.165) is 12.3 Å². The summed E-state index contributed by atoms with van der Waals surface area (Å²) < 4.78 is 5.25. The number of aryl methyl sites for hydroxylation is 1. The van der Waals surface area contributed by atoms with Gasteiger partial charge in [0, 0.05) is 0 Å². The van der Waals surface area contributed by atoms with Gasteiger partial charge in [0.25, 0.3) is 0 Å². The predicted octanol–water partition coefficient (Wildman–Crippen LogP) is 3.78. The Bertz CT molecular complexity index is 522. The zero-order valence-corrected chi connectivity index (χ0v) is 11.9. The zero-order chi connectivity index (χ0) is 13.5. The van der Waals surface area contributed by atoms with Crippen LogP contribution in [-0.2, 0) is 6.42 Å². The number of ether oxygens (including phenoxy) is 1. The summed E-state index contributed by atoms with van der Waals surface area (Å²) in [5, 5.41) is 5.74. The average Bonchev–Trinajstić information content (AvgIpc) is 2.46. The van der Waals surface area contributed by atoms with Crippen LogP contribution in [-0.4, -0.2) is 20.7 Å². The highest BCUT2D eigenvalue weighted by atomic mass is 16.5. The van der Waals surface area contributed by atoms with E-state index in [1.165, 1.54) is 42.0 Å². The van der Waals surface area contributed by atoms with E-state index < -0.39 is 0 Å². The van der Waals surface area contributed by atoms with Gasteiger partial charge in [-0.3, -0.25) is 0 Å². The molecule has 0 saturated heterocycles. The molecule has 0 aliphatic rings. The molecule has 0 spiro atoms. The largest absolute Gasteiger partial charge is 0.497 e. The fraction of sp³-hybridized carbons (Fsp3) is 0.412. The van der Waals surface area contributed by atoms with Gasteiger partial charge < -0.3 is 10.1 Å². The highest BCUT2D eigenvalue weighted by Crippen LogP contribution is 2.22. The van der Waals surface area contributed by atoms with Crippen LogP contribution in [0.5, 0.6) is 5.75 Å². The zero-order valence-electron chi connectivity index (χ0n) is 11.9. The number of rotatable bonds is 7. The number of unbranched alkanes of at least 4 members (excludes halogenated alkanes) is 2. The molecule has 0 unspecified atom stereocenters. The molecule has 0 saturated carbocycles. The van der Waals surface area contributed by atoms with Crippen molar-refractivity contribution < 1.29 is 4.74 Å². The normalized spacial score (nSPS) is 10.8. The van der Waals surface area contributed by atoms with Crippen LogP contribution in [0.4, 0.5) is 0 Å². The van der Waals surface area contributed by atoms with Gasteiger partial charge >= 0.3 is 0 Å². The van der Waals surface area contributed by atoms with Gasteiger partial charge in [-0.15, -0.1) is 0 Å². The summed E-state index contributed by atoms with van der Waals surface area (Å²) in [6, 6.07) is 13.0. The molecule has 0 aromatic heterocycles. The van der Waals surface area contributed by atoms with Gasteiger partial charge in [0.1, 0.15) is 5.75 Å². The second-order valence-electron chi connectivity index (χ2n) is 4.96. The van der Waals surface area contributed by atoms with Crippen molar-refractivity contribution >= 4 is 10.8 Å². The maximum atomic E-state index is 5.25. The Labute approximate surface area is 115 Å². The highest BCUT2D eigenvalue weighted by Gasteiger charge is 1.99. The molecule has 1 N–H and O–H groups in total. The third-order valence-corrected chi connectivity index (χ3v) is 3.50. The van der Waals surface area contributed by atoms with Crippen LogP contribution in [0.3, 0.4) is 0 Å². The lowest BCUT2D eigenvalue weighted by atomic mass is 10.0. The molecule has 2 aromatic rings. The van der Waals surface area contributed by atoms with Crippen LogP contribution in [0.15, 0.2) is 36.4 Å². The maximum absolute atomic E-state index is 5.25. The topological polar surface area (TPSA) is 21.3 Å². The van der Waals surface area contributed by atoms with E-state index in [1.54, 1.807) is 7.11 Å². The summed E-state index contributed by atoms with van der Waals surface area (Å²) >= 11 is 0. The van der Waals surface area contributed by atoms with Gasteiger partial charge in [-0.1, -0.05) is 30.7 Å². The van der Waals surface area contributed by atoms with E-state index in [-0.39, 0.29) is 0 Å². The highest BCUT2D eigenvalue weighted by molar-refractivity contribution is 5.84. The molecule has 2 heteroatoms. The number of hydrogen-bond acceptors (Lipinski definition) is 2. The third kappa shape index (κ3) is 3.97. The molecule has 0 aliphatic heterocycles. The van der Waals surface area contributed by atoms with Crippen LogP contribution in [0, 0.1) is 0 Å². The molecule has 0 amide bonds. The van der Waals surface area contributed by atoms with Crippen molar-refractivity contribution in [3.63, 3.8) is 0 Å². The van der Waals surface area contributed by atoms with E-state index >= 15 is 0 Å². The monoisotopic (exact) mass is 257 g/mol. The lowest BCUT2D eigenvalue weighted by molar-refractivity contribution is 0.415. The molecule has 0 bridgehead atoms. The van der Waals surface area contributed by atoms with Gasteiger partial charge in [0.2, 0.25) is 0 Å². The molecular weight excluding hydrogens is 234 g/mol. The van der Waals surface area contributed by atoms with E-state index in [0.29, 0.717) is 0 Å². The standard InChI is InChI=1S/C17H23NO/c1-18-11-5-3-4-6-14-7-8-16-13-17(19-2)10-9-15(16)12-14/h7-10,12-13,18H,3-6,11H2,1-2H3. The molecule has 0 atom stereocenters. The minimum atomic E-state index is 0.923. The fourth-order valence-corrected chi connectivity index (χ4v) is 2.36. The minimum Gasteiger partial charge on any atom is -0.497 e. The van der Waals surface area contributed by atoms with Gasteiger partial charge in [0.05, 0.1) is 7.11 Å². The first-order valence-electron chi connectivity index (χ1n) is 7.05. The van der Waals surface area contributed by atoms with E-state index in [1.807, 2.05) is 13.1 Å². The van der Waals surface area contributed by atoms with Crippen LogP contribution in [0.2, 0.25) is 0 Å². The molecule has 0 fully saturated rings. The number of hydrogen-bond donors (Lipinski definition) is 1. The molecule has 2 aromatic carbocycles. The molecule has 0 heterocycles. The van der Waals surface area contributed by atoms with Crippen molar-refractivity contribution in [3.8, 4) is 5.75 Å². The first-order chi connectivity index (χ1) is 9.33. The van der Waals surface area contributed by atoms with Gasteiger partial charge in [0.15, 0.2) is 0 Å². The van der Waals surface area contributed by atoms with Crippen LogP contribution >= 0.6 is 0 Å². The lowest BCUT2D eigenvalue weighted by Crippen LogP contribution is -2.07. The minimum absolute atomic E-state index is 0.923. The number of methoxy groups -OCH3 is 1. The average molecular weight is 257 g/mol. The molecule has 2 rings (SSSR count). The van der Waals surface area contributed by atoms with Crippen molar-refractivity contribution in [2.24, 2.45) is 0 Å². The predicted molar refractivity (Wildman–Crippen MR) is 82.0 cm³/mol. The molecule has 0 radical (unpaired) electrons. The number of fused-ring (bicyclic) bond motifs is 1. The lowest BCUT2D eigenvalue weighted by Gasteiger charge is -2.06. The Morgan fingerprint density at radius 2 is 1.74 bits per heavy atom. The van der Waals surface area contributed by atoms with E-state index in [2.05, 4.69) is 35.6 Å². The Morgan fingerprint density at radius 3 is 2.53 bits per heavy atom. The van der Waals surface area contributed by atoms with Gasteiger partial charge in [-0.2, -0.15) is 0 Å². The van der Waals surface area contributed by atoms with Crippen molar-refractivity contribution in [1.82, 2.24) is 5.32 Å². The van der Waals surface area contributed by atoms with Gasteiger partial charge in [-0.05, 0) is 61.3 Å². The second kappa shape index (κ2) is 7.15. The summed E-state index contributed by atoms with van der Waals surface area (Å²) in [5.74, 6) is 0.923. The van der Waals surface area contributed by atoms with Gasteiger partial charge in [-0.25, -0.2) is 0 Å². The summed E-state index contributed by atoms with van der Waals surface area (Å²) in [5.41, 5.74) is 1.43. The molecule has 102 valence electrons. The van der Waals surface area contributed by atoms with Crippen molar-refractivity contribution in [2.75, 3.05) is 20.7 Å². The maximum Gasteiger partial charge on any atom is 0.119 e. The summed E-state index contributed by atoms with van der Waals surface area (Å²) in [7, 11) is 3.72. The first kappa shape index (κ1) is 13.9. The third-order valence-electron chi connectivity index (χ3n) is 3.50. The van der Waals surface area contributed by atoms with E-state index in [4.69, 9.17) is 4.74 Å². The number of nitrogens with one attached hydrogen (secondary N) is 1. The summed E-state index contributed by atoms with van der Waals surface area (Å²) in [4.78, 5) is 0. The molecule has 0 aliphatic carbocycles. The quantitative estimate of drug-likeness (QED) is 0.762. The fourth-order valence-electron chi connectivity index (χ4n) is 2.36. The molecule has 19 heavy (non-hydrogen) atoms. The Balaban J connectivity index is 1.97. The van der Waals surface area contributed by atoms with Crippen LogP contribution in [0.1, 0.15) is 24.8 Å². The summed E-state index contributed by atoms with van der Waals surface area (Å²) in [6.07, 6.45) is 5.00. The Hall–Kier alpha value is -1.54. The molecular formula is C17H23NO. The second-order valence-corrected chi connectivity index (χ2v) is 4.96. The Kier molecular flexibility index (Phi) is 5.22. The smallest absolute Gasteiger partial charge is 0.119 e. The Morgan fingerprint density at radius 1 is 0.947 bits per heavy atom. The number of benzene rings is 2. The summed E-state index contributed by atoms with van der Waals surface area (Å²) in [6.45, 7) is 1.12. The van der Waals surface area contributed by atoms with Crippen molar-refractivity contribution in [3.05, 3.63) is 42.0 Å².